The molecule has 1 aromatic heterocycles. The summed E-state index contributed by atoms with van der Waals surface area (Å²) in [7, 11) is 1.79. The van der Waals surface area contributed by atoms with Gasteiger partial charge in [0.2, 0.25) is 11.8 Å². The molecule has 31 heavy (non-hydrogen) atoms. The van der Waals surface area contributed by atoms with Crippen LogP contribution >= 0.6 is 0 Å². The van der Waals surface area contributed by atoms with Crippen LogP contribution < -0.4 is 19.5 Å². The number of fused-ring (bicyclic) bond motifs is 1. The molecule has 2 aliphatic heterocycles. The van der Waals surface area contributed by atoms with Gasteiger partial charge in [0, 0.05) is 25.8 Å². The van der Waals surface area contributed by atoms with E-state index < -0.39 is 0 Å². The minimum absolute atomic E-state index is 0.00384. The predicted molar refractivity (Wildman–Crippen MR) is 115 cm³/mol. The molecule has 0 bridgehead atoms. The van der Waals surface area contributed by atoms with Crippen LogP contribution in [0.2, 0.25) is 0 Å². The minimum atomic E-state index is -0.00384. The third kappa shape index (κ3) is 4.70. The number of benzene rings is 1. The van der Waals surface area contributed by atoms with Gasteiger partial charge in [-0.05, 0) is 43.4 Å². The van der Waals surface area contributed by atoms with Crippen LogP contribution in [0.25, 0.3) is 11.1 Å². The Morgan fingerprint density at radius 2 is 1.81 bits per heavy atom. The highest BCUT2D eigenvalue weighted by molar-refractivity contribution is 5.71. The summed E-state index contributed by atoms with van der Waals surface area (Å²) in [5.74, 6) is 2.65. The van der Waals surface area contributed by atoms with Gasteiger partial charge in [0.05, 0.1) is 24.9 Å². The molecule has 3 aliphatic rings. The lowest BCUT2D eigenvalue weighted by molar-refractivity contribution is 0.0681. The smallest absolute Gasteiger partial charge is 0.226 e. The average Bonchev–Trinajstić information content (AvgIpc) is 3.33. The number of hydrogen-bond donors (Lipinski definition) is 1. The van der Waals surface area contributed by atoms with Crippen LogP contribution in [-0.4, -0.2) is 61.8 Å². The van der Waals surface area contributed by atoms with Crippen molar-refractivity contribution in [3.63, 3.8) is 0 Å². The van der Waals surface area contributed by atoms with E-state index in [1.165, 1.54) is 0 Å². The molecule has 1 saturated carbocycles. The second kappa shape index (κ2) is 9.28. The molecule has 8 nitrogen and oxygen atoms in total. The first-order valence-electron chi connectivity index (χ1n) is 11.1. The Morgan fingerprint density at radius 1 is 0.968 bits per heavy atom. The van der Waals surface area contributed by atoms with Crippen molar-refractivity contribution in [2.75, 3.05) is 38.9 Å². The van der Waals surface area contributed by atoms with Crippen molar-refractivity contribution in [3.05, 3.63) is 24.4 Å². The molecular weight excluding hydrogens is 398 g/mol. The number of anilines is 1. The molecule has 1 aliphatic carbocycles. The molecule has 1 atom stereocenters. The highest BCUT2D eigenvalue weighted by Gasteiger charge is 2.24. The summed E-state index contributed by atoms with van der Waals surface area (Å²) < 4.78 is 28.6. The number of aromatic nitrogens is 2. The van der Waals surface area contributed by atoms with Gasteiger partial charge in [0.25, 0.3) is 0 Å². The van der Waals surface area contributed by atoms with Gasteiger partial charge >= 0.3 is 0 Å². The first-order valence-corrected chi connectivity index (χ1v) is 11.1. The molecule has 0 amide bonds. The maximum absolute atomic E-state index is 6.26. The fourth-order valence-corrected chi connectivity index (χ4v) is 4.32. The SMILES string of the molecule is COC1CCC(Nc2ncc(-c3ccc4c(c3)OCCO4)c(O[C@@H]3CCOC3)n2)CC1. The molecule has 5 rings (SSSR count). The predicted octanol–water partition coefficient (Wildman–Crippen LogP) is 3.45. The molecule has 3 heterocycles. The number of rotatable bonds is 6. The second-order valence-corrected chi connectivity index (χ2v) is 8.23. The first kappa shape index (κ1) is 20.3. The van der Waals surface area contributed by atoms with Crippen molar-refractivity contribution >= 4 is 5.95 Å². The van der Waals surface area contributed by atoms with E-state index in [1.807, 2.05) is 24.4 Å². The van der Waals surface area contributed by atoms with Crippen molar-refractivity contribution in [2.24, 2.45) is 0 Å². The molecule has 0 radical (unpaired) electrons. The van der Waals surface area contributed by atoms with Crippen molar-refractivity contribution in [1.29, 1.82) is 0 Å². The average molecular weight is 428 g/mol. The van der Waals surface area contributed by atoms with Gasteiger partial charge in [-0.25, -0.2) is 4.98 Å². The lowest BCUT2D eigenvalue weighted by Gasteiger charge is -2.28. The van der Waals surface area contributed by atoms with E-state index in [1.54, 1.807) is 7.11 Å². The Bertz CT molecular complexity index is 895. The summed E-state index contributed by atoms with van der Waals surface area (Å²) in [4.78, 5) is 9.35. The standard InChI is InChI=1S/C23H29N3O5/c1-27-17-5-3-16(4-6-17)25-23-24-13-19(22(26-23)31-18-8-9-28-14-18)15-2-7-20-21(12-15)30-11-10-29-20/h2,7,12-13,16-18H,3-6,8-11,14H2,1H3,(H,24,25,26)/t16?,17?,18-/m1/s1. The molecule has 0 unspecified atom stereocenters. The molecule has 166 valence electrons. The monoisotopic (exact) mass is 427 g/mol. The lowest BCUT2D eigenvalue weighted by Crippen LogP contribution is -2.30. The maximum atomic E-state index is 6.26. The van der Waals surface area contributed by atoms with Crippen LogP contribution in [0.3, 0.4) is 0 Å². The fraction of sp³-hybridized carbons (Fsp3) is 0.565. The highest BCUT2D eigenvalue weighted by Crippen LogP contribution is 2.38. The van der Waals surface area contributed by atoms with Crippen LogP contribution in [0.15, 0.2) is 24.4 Å². The van der Waals surface area contributed by atoms with E-state index in [-0.39, 0.29) is 6.10 Å². The summed E-state index contributed by atoms with van der Waals surface area (Å²) in [6.45, 7) is 2.40. The molecule has 8 heteroatoms. The quantitative estimate of drug-likeness (QED) is 0.751. The van der Waals surface area contributed by atoms with Gasteiger partial charge in [-0.3, -0.25) is 0 Å². The van der Waals surface area contributed by atoms with Gasteiger partial charge < -0.3 is 29.0 Å². The van der Waals surface area contributed by atoms with Crippen molar-refractivity contribution in [1.82, 2.24) is 9.97 Å². The van der Waals surface area contributed by atoms with E-state index in [2.05, 4.69) is 10.3 Å². The van der Waals surface area contributed by atoms with Crippen LogP contribution in [-0.2, 0) is 9.47 Å². The Morgan fingerprint density at radius 3 is 2.58 bits per heavy atom. The van der Waals surface area contributed by atoms with Crippen LogP contribution in [0.4, 0.5) is 5.95 Å². The van der Waals surface area contributed by atoms with Gasteiger partial charge in [-0.1, -0.05) is 6.07 Å². The molecule has 2 aromatic rings. The lowest BCUT2D eigenvalue weighted by atomic mass is 9.93. The topological polar surface area (TPSA) is 84.0 Å². The Balaban J connectivity index is 1.39. The van der Waals surface area contributed by atoms with Gasteiger partial charge in [0.1, 0.15) is 19.3 Å². The van der Waals surface area contributed by atoms with Gasteiger partial charge in [0.15, 0.2) is 11.5 Å². The van der Waals surface area contributed by atoms with Crippen molar-refractivity contribution in [3.8, 4) is 28.5 Å². The molecule has 1 saturated heterocycles. The Labute approximate surface area is 182 Å². The summed E-state index contributed by atoms with van der Waals surface area (Å²) in [6, 6.07) is 6.22. The number of methoxy groups -OCH3 is 1. The largest absolute Gasteiger partial charge is 0.486 e. The summed E-state index contributed by atoms with van der Waals surface area (Å²) in [6.07, 6.45) is 7.21. The third-order valence-corrected chi connectivity index (χ3v) is 6.11. The number of nitrogens with zero attached hydrogens (tertiary/aromatic N) is 2. The molecule has 1 N–H and O–H groups in total. The zero-order valence-corrected chi connectivity index (χ0v) is 17.8. The molecular formula is C23H29N3O5. The fourth-order valence-electron chi connectivity index (χ4n) is 4.32. The van der Waals surface area contributed by atoms with E-state index >= 15 is 0 Å². The number of nitrogens with one attached hydrogen (secondary N) is 1. The Kier molecular flexibility index (Phi) is 6.08. The minimum Gasteiger partial charge on any atom is -0.486 e. The number of ether oxygens (including phenoxy) is 5. The van der Waals surface area contributed by atoms with E-state index in [4.69, 9.17) is 28.7 Å². The molecule has 0 spiro atoms. The zero-order valence-electron chi connectivity index (χ0n) is 17.8. The van der Waals surface area contributed by atoms with Gasteiger partial charge in [-0.15, -0.1) is 0 Å². The zero-order chi connectivity index (χ0) is 21.0. The van der Waals surface area contributed by atoms with Crippen molar-refractivity contribution in [2.45, 2.75) is 50.4 Å². The Hall–Kier alpha value is -2.58. The van der Waals surface area contributed by atoms with Crippen molar-refractivity contribution < 1.29 is 23.7 Å². The van der Waals surface area contributed by atoms with Crippen LogP contribution in [0.5, 0.6) is 17.4 Å². The van der Waals surface area contributed by atoms with Crippen LogP contribution in [0, 0.1) is 0 Å². The summed E-state index contributed by atoms with van der Waals surface area (Å²) in [5, 5.41) is 3.49. The van der Waals surface area contributed by atoms with E-state index in [9.17, 15) is 0 Å². The first-order chi connectivity index (χ1) is 15.3. The van der Waals surface area contributed by atoms with E-state index in [0.29, 0.717) is 50.4 Å². The highest BCUT2D eigenvalue weighted by atomic mass is 16.6. The third-order valence-electron chi connectivity index (χ3n) is 6.11. The molecule has 1 aromatic carbocycles. The molecule has 2 fully saturated rings. The summed E-state index contributed by atoms with van der Waals surface area (Å²) in [5.41, 5.74) is 1.77. The number of hydrogen-bond acceptors (Lipinski definition) is 8. The maximum Gasteiger partial charge on any atom is 0.226 e. The summed E-state index contributed by atoms with van der Waals surface area (Å²) >= 11 is 0. The normalized spacial score (nSPS) is 25.3. The second-order valence-electron chi connectivity index (χ2n) is 8.23. The van der Waals surface area contributed by atoms with Gasteiger partial charge in [-0.2, -0.15) is 4.98 Å². The van der Waals surface area contributed by atoms with Crippen LogP contribution in [0.1, 0.15) is 32.1 Å². The van der Waals surface area contributed by atoms with E-state index in [0.717, 1.165) is 54.7 Å².